The lowest BCUT2D eigenvalue weighted by atomic mass is 10.0. The fraction of sp³-hybridized carbons (Fsp3) is 0.104. The van der Waals surface area contributed by atoms with Crippen molar-refractivity contribution in [3.63, 3.8) is 0 Å². The molecule has 11 rings (SSSR count). The van der Waals surface area contributed by atoms with Gasteiger partial charge in [-0.15, -0.1) is 0 Å². The molecule has 0 radical (unpaired) electrons. The summed E-state index contributed by atoms with van der Waals surface area (Å²) in [5, 5.41) is 6.17. The molecule has 0 bridgehead atoms. The molecule has 0 aliphatic heterocycles. The zero-order valence-corrected chi connectivity index (χ0v) is 42.2. The molecule has 4 nitrogen and oxygen atoms in total. The monoisotopic (exact) mass is 925 g/mol. The van der Waals surface area contributed by atoms with Crippen LogP contribution in [0.2, 0.25) is 0 Å². The molecule has 8 aromatic carbocycles. The highest BCUT2D eigenvalue weighted by atomic mass is 15.0. The maximum absolute atomic E-state index is 5.08. The lowest BCUT2D eigenvalue weighted by Gasteiger charge is -2.13. The van der Waals surface area contributed by atoms with Crippen LogP contribution >= 0.6 is 0 Å². The average Bonchev–Trinajstić information content (AvgIpc) is 4.02. The smallest absolute Gasteiger partial charge is 0.160 e. The van der Waals surface area contributed by atoms with Crippen LogP contribution in [0.25, 0.3) is 99.9 Å². The number of fused-ring (bicyclic) bond motifs is 6. The van der Waals surface area contributed by atoms with Crippen molar-refractivity contribution in [3.8, 4) is 56.4 Å². The van der Waals surface area contributed by atoms with E-state index in [0.29, 0.717) is 5.82 Å². The van der Waals surface area contributed by atoms with Crippen LogP contribution in [0.5, 0.6) is 0 Å². The Hall–Kier alpha value is -8.60. The predicted molar refractivity (Wildman–Crippen MR) is 310 cm³/mol. The zero-order valence-electron chi connectivity index (χ0n) is 42.2. The number of rotatable bonds is 8. The van der Waals surface area contributed by atoms with E-state index < -0.39 is 0 Å². The predicted octanol–water partition coefficient (Wildman–Crippen LogP) is 19.3. The molecule has 0 amide bonds. The Balaban J connectivity index is 0.000000440. The molecule has 71 heavy (non-hydrogen) atoms. The Bertz CT molecular complexity index is 3490. The van der Waals surface area contributed by atoms with Crippen molar-refractivity contribution in [1.82, 2.24) is 19.1 Å². The number of aromatic nitrogens is 4. The molecule has 0 unspecified atom stereocenters. The Morgan fingerprint density at radius 1 is 0.451 bits per heavy atom. The van der Waals surface area contributed by atoms with Gasteiger partial charge in [-0.25, -0.2) is 9.97 Å². The number of hydrogen-bond acceptors (Lipinski definition) is 2. The van der Waals surface area contributed by atoms with Crippen LogP contribution in [-0.4, -0.2) is 19.1 Å². The lowest BCUT2D eigenvalue weighted by molar-refractivity contribution is 1.13. The molecular formula is C67H64N4. The van der Waals surface area contributed by atoms with E-state index in [1.165, 1.54) is 49.1 Å². The minimum atomic E-state index is 0.703. The summed E-state index contributed by atoms with van der Waals surface area (Å²) in [5.74, 6) is 0.703. The highest BCUT2D eigenvalue weighted by Gasteiger charge is 2.17. The lowest BCUT2D eigenvalue weighted by Crippen LogP contribution is -1.96. The molecule has 0 aliphatic carbocycles. The van der Waals surface area contributed by atoms with Crippen LogP contribution in [0.1, 0.15) is 48.5 Å². The number of hydrogen-bond donors (Lipinski definition) is 0. The van der Waals surface area contributed by atoms with Gasteiger partial charge in [0.25, 0.3) is 0 Å². The third-order valence-electron chi connectivity index (χ3n) is 11.7. The van der Waals surface area contributed by atoms with Gasteiger partial charge in [0.2, 0.25) is 0 Å². The summed E-state index contributed by atoms with van der Waals surface area (Å²) in [6.07, 6.45) is 11.5. The van der Waals surface area contributed by atoms with Crippen LogP contribution in [0.15, 0.2) is 255 Å². The van der Waals surface area contributed by atoms with Gasteiger partial charge in [0.05, 0.1) is 27.9 Å². The molecule has 0 N–H and O–H groups in total. The third-order valence-corrected chi connectivity index (χ3v) is 11.7. The SMILES string of the molecule is C=C/C=C\C.C=CC=C(C)C.CC.CC.c1ccc(-c2cc(-c3ccccc3)nc(-c3cccc(-c4ccc(-n5c6ccccc6c6ccc7cc8c(ccn8-c8ccccc8)cc7c65)cc4)c3)n2)cc1. The van der Waals surface area contributed by atoms with Gasteiger partial charge < -0.3 is 9.13 Å². The Morgan fingerprint density at radius 2 is 1.04 bits per heavy atom. The molecule has 0 saturated heterocycles. The van der Waals surface area contributed by atoms with E-state index >= 15 is 0 Å². The first-order chi connectivity index (χ1) is 34.9. The molecule has 0 saturated carbocycles. The van der Waals surface area contributed by atoms with E-state index in [1.807, 2.05) is 103 Å². The first-order valence-corrected chi connectivity index (χ1v) is 24.7. The van der Waals surface area contributed by atoms with Crippen molar-refractivity contribution < 1.29 is 0 Å². The van der Waals surface area contributed by atoms with E-state index in [4.69, 9.17) is 9.97 Å². The topological polar surface area (TPSA) is 35.6 Å². The van der Waals surface area contributed by atoms with Crippen LogP contribution in [0.4, 0.5) is 0 Å². The second-order valence-electron chi connectivity index (χ2n) is 16.5. The fourth-order valence-electron chi connectivity index (χ4n) is 8.60. The van der Waals surface area contributed by atoms with E-state index in [0.717, 1.165) is 50.6 Å². The summed E-state index contributed by atoms with van der Waals surface area (Å²) in [6.45, 7) is 21.0. The fourth-order valence-corrected chi connectivity index (χ4v) is 8.60. The molecule has 4 heteroatoms. The maximum Gasteiger partial charge on any atom is 0.160 e. The van der Waals surface area contributed by atoms with E-state index in [1.54, 1.807) is 12.2 Å². The van der Waals surface area contributed by atoms with Crippen LogP contribution in [-0.2, 0) is 0 Å². The summed E-state index contributed by atoms with van der Waals surface area (Å²) in [5.41, 5.74) is 14.3. The van der Waals surface area contributed by atoms with Gasteiger partial charge in [-0.3, -0.25) is 0 Å². The van der Waals surface area contributed by atoms with Gasteiger partial charge in [0.15, 0.2) is 5.82 Å². The van der Waals surface area contributed by atoms with Crippen LogP contribution < -0.4 is 0 Å². The molecular weight excluding hydrogens is 861 g/mol. The van der Waals surface area contributed by atoms with Crippen molar-refractivity contribution in [2.45, 2.75) is 48.5 Å². The highest BCUT2D eigenvalue weighted by molar-refractivity contribution is 6.20. The molecule has 0 spiro atoms. The van der Waals surface area contributed by atoms with E-state index in [-0.39, 0.29) is 0 Å². The average molecular weight is 925 g/mol. The van der Waals surface area contributed by atoms with Crippen molar-refractivity contribution >= 4 is 43.5 Å². The largest absolute Gasteiger partial charge is 0.317 e. The van der Waals surface area contributed by atoms with Crippen molar-refractivity contribution in [2.24, 2.45) is 0 Å². The van der Waals surface area contributed by atoms with Crippen LogP contribution in [0.3, 0.4) is 0 Å². The van der Waals surface area contributed by atoms with Gasteiger partial charge in [-0.05, 0) is 97.9 Å². The summed E-state index contributed by atoms with van der Waals surface area (Å²) in [6, 6.07) is 71.0. The van der Waals surface area contributed by atoms with E-state index in [2.05, 4.69) is 192 Å². The molecule has 0 atom stereocenters. The number of para-hydroxylation sites is 2. The minimum Gasteiger partial charge on any atom is -0.317 e. The Kier molecular flexibility index (Phi) is 17.4. The summed E-state index contributed by atoms with van der Waals surface area (Å²) in [4.78, 5) is 10.2. The van der Waals surface area contributed by atoms with Crippen molar-refractivity contribution in [1.29, 1.82) is 0 Å². The number of benzene rings is 8. The quantitative estimate of drug-likeness (QED) is 0.142. The molecule has 352 valence electrons. The normalized spacial score (nSPS) is 10.5. The molecule has 0 aliphatic rings. The van der Waals surface area contributed by atoms with Gasteiger partial charge in [0, 0.05) is 55.8 Å². The highest BCUT2D eigenvalue weighted by Crippen LogP contribution is 2.39. The summed E-state index contributed by atoms with van der Waals surface area (Å²) in [7, 11) is 0. The molecule has 11 aromatic rings. The second kappa shape index (κ2) is 24.6. The maximum atomic E-state index is 5.08. The molecule has 3 aromatic heterocycles. The second-order valence-corrected chi connectivity index (χ2v) is 16.5. The zero-order chi connectivity index (χ0) is 50.1. The number of nitrogens with zero attached hydrogens (tertiary/aromatic N) is 4. The standard InChI is InChI=1S/C52H34N4.C6H10.C5H8.2C2H6/c1-4-13-36(14-5-1)47-34-48(37-15-6-2-7-16-37)54-52(53-47)41-18-12-17-38(31-41)35-23-26-43(27-24-35)56-49-22-11-10-21-44(49)45-28-25-39-33-50-40(32-46(39)51(45)56)29-30-55(50)42-19-8-3-9-20-42;1-4-5-6(2)3;1-3-5-4-2;2*1-2/h1-34H;4-5H,1H2,2-3H3;3-5H,1H2,2H3;2*1-2H3/b;;5-4-;;. The molecule has 3 heterocycles. The Labute approximate surface area is 421 Å². The van der Waals surface area contributed by atoms with Gasteiger partial charge >= 0.3 is 0 Å². The van der Waals surface area contributed by atoms with Crippen molar-refractivity contribution in [3.05, 3.63) is 255 Å². The first kappa shape index (κ1) is 50.3. The van der Waals surface area contributed by atoms with Crippen LogP contribution in [0, 0.1) is 0 Å². The van der Waals surface area contributed by atoms with Crippen molar-refractivity contribution in [2.75, 3.05) is 0 Å². The summed E-state index contributed by atoms with van der Waals surface area (Å²) >= 11 is 0. The summed E-state index contributed by atoms with van der Waals surface area (Å²) < 4.78 is 4.71. The Morgan fingerprint density at radius 3 is 1.62 bits per heavy atom. The number of allylic oxidation sites excluding steroid dienone is 6. The first-order valence-electron chi connectivity index (χ1n) is 24.7. The van der Waals surface area contributed by atoms with E-state index in [9.17, 15) is 0 Å². The van der Waals surface area contributed by atoms with Gasteiger partial charge in [-0.2, -0.15) is 0 Å². The van der Waals surface area contributed by atoms with Gasteiger partial charge in [-0.1, -0.05) is 216 Å². The van der Waals surface area contributed by atoms with Gasteiger partial charge in [0.1, 0.15) is 0 Å². The molecule has 0 fully saturated rings. The third kappa shape index (κ3) is 11.5. The minimum absolute atomic E-state index is 0.703.